The van der Waals surface area contributed by atoms with Gasteiger partial charge < -0.3 is 10.2 Å². The van der Waals surface area contributed by atoms with Crippen molar-refractivity contribution in [2.75, 3.05) is 18.0 Å². The Morgan fingerprint density at radius 2 is 2.26 bits per heavy atom. The first-order valence-electron chi connectivity index (χ1n) is 6.29. The van der Waals surface area contributed by atoms with Crippen LogP contribution in [-0.4, -0.2) is 25.0 Å². The number of rotatable bonds is 2. The first-order chi connectivity index (χ1) is 9.13. The van der Waals surface area contributed by atoms with Gasteiger partial charge in [0, 0.05) is 13.1 Å². The predicted octanol–water partition coefficient (Wildman–Crippen LogP) is 1.68. The number of nitrogens with one attached hydrogen (secondary N) is 1. The molecule has 0 bridgehead atoms. The van der Waals surface area contributed by atoms with Crippen molar-refractivity contribution in [2.24, 2.45) is 5.92 Å². The highest BCUT2D eigenvalue weighted by Crippen LogP contribution is 2.25. The number of hydrogen-bond acceptors (Lipinski definition) is 3. The minimum atomic E-state index is -0.633. The van der Waals surface area contributed by atoms with Gasteiger partial charge in [0.15, 0.2) is 0 Å². The van der Waals surface area contributed by atoms with E-state index in [0.29, 0.717) is 18.8 Å². The van der Waals surface area contributed by atoms with Crippen LogP contribution in [0.5, 0.6) is 0 Å². The highest BCUT2D eigenvalue weighted by atomic mass is 19.1. The van der Waals surface area contributed by atoms with Crippen molar-refractivity contribution < 1.29 is 9.18 Å². The van der Waals surface area contributed by atoms with Gasteiger partial charge in [-0.25, -0.2) is 4.39 Å². The van der Waals surface area contributed by atoms with E-state index in [1.54, 1.807) is 23.1 Å². The van der Waals surface area contributed by atoms with Crippen LogP contribution >= 0.6 is 0 Å². The molecule has 2 unspecified atom stereocenters. The van der Waals surface area contributed by atoms with Gasteiger partial charge in [-0.2, -0.15) is 5.26 Å². The van der Waals surface area contributed by atoms with Crippen LogP contribution in [0.4, 0.5) is 10.1 Å². The Hall–Kier alpha value is -2.09. The first kappa shape index (κ1) is 13.3. The van der Waals surface area contributed by atoms with Gasteiger partial charge >= 0.3 is 0 Å². The van der Waals surface area contributed by atoms with Crippen molar-refractivity contribution in [1.29, 1.82) is 5.26 Å². The summed E-state index contributed by atoms with van der Waals surface area (Å²) in [7, 11) is 0. The molecule has 4 nitrogen and oxygen atoms in total. The summed E-state index contributed by atoms with van der Waals surface area (Å²) in [5, 5.41) is 11.7. The van der Waals surface area contributed by atoms with Gasteiger partial charge in [-0.15, -0.1) is 0 Å². The van der Waals surface area contributed by atoms with E-state index in [1.165, 1.54) is 6.07 Å². The second-order valence-corrected chi connectivity index (χ2v) is 4.83. The number of halogens is 1. The summed E-state index contributed by atoms with van der Waals surface area (Å²) in [5.74, 6) is -0.381. The van der Waals surface area contributed by atoms with E-state index in [1.807, 2.05) is 13.0 Å². The highest BCUT2D eigenvalue weighted by Gasteiger charge is 2.31. The molecule has 1 aliphatic rings. The molecule has 1 aromatic carbocycles. The summed E-state index contributed by atoms with van der Waals surface area (Å²) in [6.45, 7) is 3.08. The smallest absolute Gasteiger partial charge is 0.243 e. The number of para-hydroxylation sites is 1. The molecule has 5 heteroatoms. The standard InChI is InChI=1S/C14H16FN3O/c1-10-8-17-14(19)13(6-7-16)18(9-10)12-5-3-2-4-11(12)15/h2-5,10,13H,6,8-9H2,1H3,(H,17,19). The zero-order chi connectivity index (χ0) is 13.8. The largest absolute Gasteiger partial charge is 0.356 e. The molecule has 0 saturated carbocycles. The number of carbonyl (C=O) groups is 1. The Labute approximate surface area is 111 Å². The molecule has 0 aliphatic carbocycles. The zero-order valence-corrected chi connectivity index (χ0v) is 10.8. The Kier molecular flexibility index (Phi) is 4.00. The number of nitriles is 1. The Balaban J connectivity index is 2.39. The third-order valence-corrected chi connectivity index (χ3v) is 3.26. The molecule has 0 radical (unpaired) electrons. The molecule has 0 spiro atoms. The maximum absolute atomic E-state index is 13.9. The third kappa shape index (κ3) is 2.84. The van der Waals surface area contributed by atoms with Crippen LogP contribution in [0.25, 0.3) is 0 Å². The molecule has 0 aromatic heterocycles. The van der Waals surface area contributed by atoms with Crippen LogP contribution in [0.2, 0.25) is 0 Å². The van der Waals surface area contributed by atoms with Gasteiger partial charge in [0.25, 0.3) is 0 Å². The van der Waals surface area contributed by atoms with Gasteiger partial charge in [0.2, 0.25) is 5.91 Å². The fraction of sp³-hybridized carbons (Fsp3) is 0.429. The number of benzene rings is 1. The SMILES string of the molecule is CC1CNC(=O)C(CC#N)N(c2ccccc2F)C1. The normalized spacial score (nSPS) is 23.4. The van der Waals surface area contributed by atoms with E-state index >= 15 is 0 Å². The molecular formula is C14H16FN3O. The average molecular weight is 261 g/mol. The van der Waals surface area contributed by atoms with Crippen molar-refractivity contribution in [3.63, 3.8) is 0 Å². The fourth-order valence-electron chi connectivity index (χ4n) is 2.30. The van der Waals surface area contributed by atoms with Crippen LogP contribution in [-0.2, 0) is 4.79 Å². The lowest BCUT2D eigenvalue weighted by Gasteiger charge is -2.30. The van der Waals surface area contributed by atoms with E-state index in [0.717, 1.165) is 0 Å². The molecule has 2 atom stereocenters. The van der Waals surface area contributed by atoms with Gasteiger partial charge in [0.1, 0.15) is 11.9 Å². The lowest BCUT2D eigenvalue weighted by molar-refractivity contribution is -0.122. The predicted molar refractivity (Wildman–Crippen MR) is 69.9 cm³/mol. The van der Waals surface area contributed by atoms with Crippen LogP contribution in [0.1, 0.15) is 13.3 Å². The number of nitrogens with zero attached hydrogens (tertiary/aromatic N) is 2. The zero-order valence-electron chi connectivity index (χ0n) is 10.8. The Morgan fingerprint density at radius 3 is 2.95 bits per heavy atom. The van der Waals surface area contributed by atoms with Crippen molar-refractivity contribution in [2.45, 2.75) is 19.4 Å². The second kappa shape index (κ2) is 5.70. The average Bonchev–Trinajstić information content (AvgIpc) is 2.53. The van der Waals surface area contributed by atoms with Crippen LogP contribution in [0.3, 0.4) is 0 Å². The van der Waals surface area contributed by atoms with E-state index in [-0.39, 0.29) is 24.1 Å². The summed E-state index contributed by atoms with van der Waals surface area (Å²) in [4.78, 5) is 13.7. The molecule has 1 aliphatic heterocycles. The Bertz CT molecular complexity index is 512. The number of amides is 1. The fourth-order valence-corrected chi connectivity index (χ4v) is 2.30. The molecule has 2 rings (SSSR count). The summed E-state index contributed by atoms with van der Waals surface area (Å²) in [5.41, 5.74) is 0.381. The quantitative estimate of drug-likeness (QED) is 0.881. The van der Waals surface area contributed by atoms with E-state index in [4.69, 9.17) is 5.26 Å². The molecule has 100 valence electrons. The monoisotopic (exact) mass is 261 g/mol. The number of carbonyl (C=O) groups excluding carboxylic acids is 1. The van der Waals surface area contributed by atoms with Crippen molar-refractivity contribution in [3.8, 4) is 6.07 Å². The van der Waals surface area contributed by atoms with Gasteiger partial charge in [-0.1, -0.05) is 19.1 Å². The maximum Gasteiger partial charge on any atom is 0.243 e. The molecule has 19 heavy (non-hydrogen) atoms. The Morgan fingerprint density at radius 1 is 1.53 bits per heavy atom. The summed E-state index contributed by atoms with van der Waals surface area (Å²) in [6.07, 6.45) is 0.0485. The van der Waals surface area contributed by atoms with Gasteiger partial charge in [-0.3, -0.25) is 4.79 Å². The molecule has 1 fully saturated rings. The van der Waals surface area contributed by atoms with E-state index in [2.05, 4.69) is 5.32 Å². The number of anilines is 1. The number of hydrogen-bond donors (Lipinski definition) is 1. The minimum absolute atomic E-state index is 0.0485. The molecule has 1 aromatic rings. The van der Waals surface area contributed by atoms with Crippen LogP contribution < -0.4 is 10.2 Å². The highest BCUT2D eigenvalue weighted by molar-refractivity contribution is 5.86. The molecule has 1 amide bonds. The van der Waals surface area contributed by atoms with Gasteiger partial charge in [-0.05, 0) is 18.1 Å². The maximum atomic E-state index is 13.9. The lowest BCUT2D eigenvalue weighted by Crippen LogP contribution is -2.44. The van der Waals surface area contributed by atoms with Crippen molar-refractivity contribution >= 4 is 11.6 Å². The molecule has 1 saturated heterocycles. The third-order valence-electron chi connectivity index (χ3n) is 3.26. The lowest BCUT2D eigenvalue weighted by atomic mass is 10.1. The van der Waals surface area contributed by atoms with Crippen LogP contribution in [0, 0.1) is 23.1 Å². The first-order valence-corrected chi connectivity index (χ1v) is 6.29. The molecule has 1 heterocycles. The second-order valence-electron chi connectivity index (χ2n) is 4.83. The van der Waals surface area contributed by atoms with Crippen molar-refractivity contribution in [3.05, 3.63) is 30.1 Å². The topological polar surface area (TPSA) is 56.1 Å². The summed E-state index contributed by atoms with van der Waals surface area (Å²) < 4.78 is 13.9. The van der Waals surface area contributed by atoms with E-state index < -0.39 is 6.04 Å². The summed E-state index contributed by atoms with van der Waals surface area (Å²) >= 11 is 0. The van der Waals surface area contributed by atoms with Crippen LogP contribution in [0.15, 0.2) is 24.3 Å². The van der Waals surface area contributed by atoms with E-state index in [9.17, 15) is 9.18 Å². The van der Waals surface area contributed by atoms with Gasteiger partial charge in [0.05, 0.1) is 18.2 Å². The summed E-state index contributed by atoms with van der Waals surface area (Å²) in [6, 6.07) is 7.73. The van der Waals surface area contributed by atoms with Crippen molar-refractivity contribution in [1.82, 2.24) is 5.32 Å². The molecule has 1 N–H and O–H groups in total. The minimum Gasteiger partial charge on any atom is -0.356 e. The molecular weight excluding hydrogens is 245 g/mol.